The van der Waals surface area contributed by atoms with E-state index in [2.05, 4.69) is 5.32 Å². The van der Waals surface area contributed by atoms with Crippen molar-refractivity contribution < 1.29 is 8.98 Å². The van der Waals surface area contributed by atoms with E-state index in [1.54, 1.807) is 0 Å². The molecule has 1 aromatic heterocycles. The van der Waals surface area contributed by atoms with E-state index in [-0.39, 0.29) is 0 Å². The van der Waals surface area contributed by atoms with Crippen LogP contribution in [0.5, 0.6) is 0 Å². The lowest BCUT2D eigenvalue weighted by molar-refractivity contribution is -0.652. The molecule has 0 amide bonds. The highest BCUT2D eigenvalue weighted by molar-refractivity contribution is 6.31. The molecule has 0 aliphatic carbocycles. The van der Waals surface area contributed by atoms with E-state index in [1.165, 1.54) is 0 Å². The van der Waals surface area contributed by atoms with Crippen molar-refractivity contribution in [2.24, 2.45) is 7.05 Å². The minimum absolute atomic E-state index is 0.671. The first-order chi connectivity index (χ1) is 9.74. The van der Waals surface area contributed by atoms with Gasteiger partial charge in [-0.1, -0.05) is 29.8 Å². The van der Waals surface area contributed by atoms with Crippen LogP contribution in [0.25, 0.3) is 17.2 Å². The van der Waals surface area contributed by atoms with Gasteiger partial charge < -0.3 is 9.73 Å². The number of oxazole rings is 1. The molecule has 0 unspecified atom stereocenters. The van der Waals surface area contributed by atoms with Gasteiger partial charge in [0, 0.05) is 29.0 Å². The van der Waals surface area contributed by atoms with Gasteiger partial charge in [0.2, 0.25) is 5.58 Å². The average Bonchev–Trinajstić information content (AvgIpc) is 2.76. The van der Waals surface area contributed by atoms with E-state index in [9.17, 15) is 0 Å². The van der Waals surface area contributed by atoms with Crippen LogP contribution in [-0.2, 0) is 7.05 Å². The molecule has 3 rings (SSSR count). The third kappa shape index (κ3) is 2.53. The predicted molar refractivity (Wildman–Crippen MR) is 81.5 cm³/mol. The Labute approximate surface area is 122 Å². The fourth-order valence-electron chi connectivity index (χ4n) is 2.04. The summed E-state index contributed by atoms with van der Waals surface area (Å²) < 4.78 is 7.75. The number of aryl methyl sites for hydroxylation is 1. The maximum atomic E-state index is 5.97. The van der Waals surface area contributed by atoms with Gasteiger partial charge in [-0.3, -0.25) is 0 Å². The van der Waals surface area contributed by atoms with E-state index >= 15 is 0 Å². The highest BCUT2D eigenvalue weighted by atomic mass is 35.5. The molecule has 3 aromatic rings. The predicted octanol–water partition coefficient (Wildman–Crippen LogP) is 3.99. The summed E-state index contributed by atoms with van der Waals surface area (Å²) in [6, 6.07) is 15.6. The summed E-state index contributed by atoms with van der Waals surface area (Å²) in [6.07, 6.45) is 3.75. The molecule has 0 spiro atoms. The molecule has 4 heteroatoms. The third-order valence-electron chi connectivity index (χ3n) is 3.08. The number of nitrogens with one attached hydrogen (secondary N) is 1. The summed E-state index contributed by atoms with van der Waals surface area (Å²) in [7, 11) is 1.96. The average molecular weight is 286 g/mol. The number of halogens is 1. The Kier molecular flexibility index (Phi) is 3.44. The van der Waals surface area contributed by atoms with Crippen molar-refractivity contribution in [3.05, 3.63) is 65.6 Å². The van der Waals surface area contributed by atoms with Gasteiger partial charge in [-0.15, -0.1) is 0 Å². The smallest absolute Gasteiger partial charge is 0.375 e. The lowest BCUT2D eigenvalue weighted by Crippen LogP contribution is -2.29. The number of rotatable bonds is 3. The molecule has 0 atom stereocenters. The zero-order valence-electron chi connectivity index (χ0n) is 11.0. The maximum absolute atomic E-state index is 5.97. The Bertz CT molecular complexity index is 763. The standard InChI is InChI=1S/C16H13ClN2O/c1-19-14-8-7-12(17)11-15(14)20-16(19)9-10-18-13-5-3-2-4-6-13/h2-11H,1H3/p+1. The molecular formula is C16H14ClN2O+. The van der Waals surface area contributed by atoms with Crippen LogP contribution < -0.4 is 9.88 Å². The van der Waals surface area contributed by atoms with Gasteiger partial charge in [-0.2, -0.15) is 4.57 Å². The number of anilines is 1. The summed E-state index contributed by atoms with van der Waals surface area (Å²) in [4.78, 5) is 0. The first kappa shape index (κ1) is 12.8. The fourth-order valence-corrected chi connectivity index (χ4v) is 2.20. The minimum atomic E-state index is 0.671. The van der Waals surface area contributed by atoms with Crippen molar-refractivity contribution in [3.63, 3.8) is 0 Å². The second-order valence-electron chi connectivity index (χ2n) is 4.46. The van der Waals surface area contributed by atoms with Crippen LogP contribution in [0.3, 0.4) is 0 Å². The number of nitrogens with zero attached hydrogens (tertiary/aromatic N) is 1. The van der Waals surface area contributed by atoms with E-state index in [0.29, 0.717) is 5.02 Å². The Morgan fingerprint density at radius 1 is 1.15 bits per heavy atom. The second-order valence-corrected chi connectivity index (χ2v) is 4.89. The Hall–Kier alpha value is -2.26. The van der Waals surface area contributed by atoms with Crippen molar-refractivity contribution in [2.75, 3.05) is 5.32 Å². The maximum Gasteiger partial charge on any atom is 0.375 e. The zero-order chi connectivity index (χ0) is 13.9. The highest BCUT2D eigenvalue weighted by Gasteiger charge is 2.16. The SMILES string of the molecule is C[n+]1c(/C=C/Nc2ccccc2)oc2cc(Cl)ccc21. The van der Waals surface area contributed by atoms with Crippen molar-refractivity contribution in [1.82, 2.24) is 0 Å². The number of fused-ring (bicyclic) bond motifs is 1. The van der Waals surface area contributed by atoms with Crippen molar-refractivity contribution in [2.45, 2.75) is 0 Å². The monoisotopic (exact) mass is 285 g/mol. The molecule has 0 bridgehead atoms. The molecule has 2 aromatic carbocycles. The molecule has 1 N–H and O–H groups in total. The lowest BCUT2D eigenvalue weighted by Gasteiger charge is -1.97. The molecular weight excluding hydrogens is 272 g/mol. The molecule has 3 nitrogen and oxygen atoms in total. The van der Waals surface area contributed by atoms with Crippen LogP contribution in [-0.4, -0.2) is 0 Å². The van der Waals surface area contributed by atoms with Crippen molar-refractivity contribution in [3.8, 4) is 0 Å². The van der Waals surface area contributed by atoms with Crippen LogP contribution in [0.1, 0.15) is 5.89 Å². The summed E-state index contributed by atoms with van der Waals surface area (Å²) in [6.45, 7) is 0. The van der Waals surface area contributed by atoms with Gasteiger partial charge in [0.05, 0.1) is 6.08 Å². The second kappa shape index (κ2) is 5.39. The van der Waals surface area contributed by atoms with Gasteiger partial charge in [0.25, 0.3) is 5.52 Å². The van der Waals surface area contributed by atoms with Crippen LogP contribution in [0.15, 0.2) is 59.1 Å². The molecule has 1 heterocycles. The van der Waals surface area contributed by atoms with Gasteiger partial charge in [0.15, 0.2) is 0 Å². The van der Waals surface area contributed by atoms with E-state index in [0.717, 1.165) is 22.7 Å². The molecule has 0 fully saturated rings. The summed E-state index contributed by atoms with van der Waals surface area (Å²) in [5, 5.41) is 3.87. The molecule has 0 saturated carbocycles. The molecule has 0 saturated heterocycles. The van der Waals surface area contributed by atoms with Crippen molar-refractivity contribution >= 4 is 34.5 Å². The molecule has 0 aliphatic heterocycles. The van der Waals surface area contributed by atoms with Gasteiger partial charge >= 0.3 is 5.89 Å². The van der Waals surface area contributed by atoms with E-state index in [1.807, 2.05) is 72.4 Å². The Balaban J connectivity index is 1.85. The third-order valence-corrected chi connectivity index (χ3v) is 3.31. The van der Waals surface area contributed by atoms with Crippen LogP contribution in [0.2, 0.25) is 5.02 Å². The topological polar surface area (TPSA) is 29.1 Å². The fraction of sp³-hybridized carbons (Fsp3) is 0.0625. The first-order valence-electron chi connectivity index (χ1n) is 6.30. The minimum Gasteiger partial charge on any atom is -0.398 e. The Morgan fingerprint density at radius 2 is 1.95 bits per heavy atom. The molecule has 100 valence electrons. The summed E-state index contributed by atoms with van der Waals surface area (Å²) >= 11 is 5.97. The van der Waals surface area contributed by atoms with Crippen LogP contribution in [0, 0.1) is 0 Å². The van der Waals surface area contributed by atoms with Gasteiger partial charge in [-0.05, 0) is 18.2 Å². The van der Waals surface area contributed by atoms with E-state index < -0.39 is 0 Å². The zero-order valence-corrected chi connectivity index (χ0v) is 11.8. The molecule has 0 radical (unpaired) electrons. The van der Waals surface area contributed by atoms with Crippen molar-refractivity contribution in [1.29, 1.82) is 0 Å². The molecule has 0 aliphatic rings. The largest absolute Gasteiger partial charge is 0.398 e. The number of benzene rings is 2. The number of hydrogen-bond donors (Lipinski definition) is 1. The molecule has 20 heavy (non-hydrogen) atoms. The summed E-state index contributed by atoms with van der Waals surface area (Å²) in [5.74, 6) is 0.755. The Morgan fingerprint density at radius 3 is 2.75 bits per heavy atom. The number of hydrogen-bond acceptors (Lipinski definition) is 2. The summed E-state index contributed by atoms with van der Waals surface area (Å²) in [5.41, 5.74) is 2.82. The quantitative estimate of drug-likeness (QED) is 0.737. The van der Waals surface area contributed by atoms with Crippen LogP contribution in [0.4, 0.5) is 5.69 Å². The normalized spacial score (nSPS) is 11.3. The number of aromatic nitrogens is 1. The number of para-hydroxylation sites is 1. The van der Waals surface area contributed by atoms with Gasteiger partial charge in [0.1, 0.15) is 7.05 Å². The van der Waals surface area contributed by atoms with Gasteiger partial charge in [-0.25, -0.2) is 0 Å². The van der Waals surface area contributed by atoms with E-state index in [4.69, 9.17) is 16.0 Å². The lowest BCUT2D eigenvalue weighted by atomic mass is 10.3. The van der Waals surface area contributed by atoms with Crippen LogP contribution >= 0.6 is 11.6 Å². The first-order valence-corrected chi connectivity index (χ1v) is 6.68. The highest BCUT2D eigenvalue weighted by Crippen LogP contribution is 2.19.